The molecule has 1 fully saturated rings. The third-order valence-corrected chi connectivity index (χ3v) is 4.61. The lowest BCUT2D eigenvalue weighted by atomic mass is 9.96. The second-order valence-corrected chi connectivity index (χ2v) is 6.41. The van der Waals surface area contributed by atoms with E-state index in [1.165, 1.54) is 12.0 Å². The maximum Gasteiger partial charge on any atom is 0.191 e. The molecular formula is C21H27N3O2. The quantitative estimate of drug-likeness (QED) is 0.591. The van der Waals surface area contributed by atoms with E-state index in [0.29, 0.717) is 19.2 Å². The number of rotatable bonds is 7. The number of hydrogen-bond acceptors (Lipinski definition) is 3. The first-order valence-electron chi connectivity index (χ1n) is 9.10. The zero-order valence-corrected chi connectivity index (χ0v) is 15.5. The Bertz CT molecular complexity index is 724. The first-order chi connectivity index (χ1) is 12.8. The minimum Gasteiger partial charge on any atom is -0.497 e. The van der Waals surface area contributed by atoms with E-state index in [9.17, 15) is 0 Å². The number of hydrogen-bond donors (Lipinski definition) is 2. The average Bonchev–Trinajstić information content (AvgIpc) is 2.66. The Balaban J connectivity index is 1.52. The van der Waals surface area contributed by atoms with Crippen molar-refractivity contribution in [1.82, 2.24) is 10.6 Å². The normalized spacial score (nSPS) is 14.5. The average molecular weight is 353 g/mol. The van der Waals surface area contributed by atoms with Crippen LogP contribution in [-0.4, -0.2) is 26.2 Å². The van der Waals surface area contributed by atoms with Crippen LogP contribution in [0.2, 0.25) is 0 Å². The van der Waals surface area contributed by atoms with Crippen molar-refractivity contribution in [3.8, 4) is 11.5 Å². The molecule has 2 aromatic carbocycles. The largest absolute Gasteiger partial charge is 0.497 e. The van der Waals surface area contributed by atoms with Crippen molar-refractivity contribution in [3.05, 3.63) is 59.7 Å². The molecule has 0 aromatic heterocycles. The van der Waals surface area contributed by atoms with Gasteiger partial charge in [0.05, 0.1) is 13.2 Å². The molecule has 0 spiro atoms. The molecule has 0 atom stereocenters. The molecule has 1 saturated carbocycles. The Hall–Kier alpha value is -2.69. The van der Waals surface area contributed by atoms with E-state index < -0.39 is 0 Å². The molecule has 5 nitrogen and oxygen atoms in total. The molecule has 5 heteroatoms. The van der Waals surface area contributed by atoms with Crippen LogP contribution in [0.15, 0.2) is 53.5 Å². The SMILES string of the molecule is CN=C(NCc1ccc(OC)cc1)NCc1ccccc1OC1CCC1. The molecule has 3 rings (SSSR count). The monoisotopic (exact) mass is 353 g/mol. The van der Waals surface area contributed by atoms with Crippen LogP contribution in [0, 0.1) is 0 Å². The maximum absolute atomic E-state index is 6.09. The van der Waals surface area contributed by atoms with Gasteiger partial charge in [0, 0.05) is 25.7 Å². The lowest BCUT2D eigenvalue weighted by Crippen LogP contribution is -2.36. The van der Waals surface area contributed by atoms with E-state index >= 15 is 0 Å². The van der Waals surface area contributed by atoms with Crippen LogP contribution in [0.5, 0.6) is 11.5 Å². The van der Waals surface area contributed by atoms with Crippen LogP contribution in [0.4, 0.5) is 0 Å². The summed E-state index contributed by atoms with van der Waals surface area (Å²) in [6.45, 7) is 1.37. The van der Waals surface area contributed by atoms with Crippen LogP contribution in [0.3, 0.4) is 0 Å². The van der Waals surface area contributed by atoms with Crippen molar-refractivity contribution >= 4 is 5.96 Å². The molecule has 26 heavy (non-hydrogen) atoms. The number of methoxy groups -OCH3 is 1. The first kappa shape index (κ1) is 18.1. The minimum atomic E-state index is 0.378. The zero-order chi connectivity index (χ0) is 18.2. The summed E-state index contributed by atoms with van der Waals surface area (Å²) in [5.74, 6) is 2.59. The van der Waals surface area contributed by atoms with Gasteiger partial charge in [0.2, 0.25) is 0 Å². The van der Waals surface area contributed by atoms with Crippen molar-refractivity contribution in [2.24, 2.45) is 4.99 Å². The van der Waals surface area contributed by atoms with Crippen molar-refractivity contribution in [1.29, 1.82) is 0 Å². The van der Waals surface area contributed by atoms with Gasteiger partial charge in [-0.15, -0.1) is 0 Å². The second-order valence-electron chi connectivity index (χ2n) is 6.41. The van der Waals surface area contributed by atoms with Gasteiger partial charge in [-0.05, 0) is 43.0 Å². The molecule has 0 unspecified atom stereocenters. The first-order valence-corrected chi connectivity index (χ1v) is 9.10. The molecule has 1 aliphatic carbocycles. The van der Waals surface area contributed by atoms with Crippen LogP contribution < -0.4 is 20.1 Å². The Morgan fingerprint density at radius 2 is 1.77 bits per heavy atom. The van der Waals surface area contributed by atoms with Crippen LogP contribution in [-0.2, 0) is 13.1 Å². The Labute approximate surface area is 155 Å². The summed E-state index contributed by atoms with van der Waals surface area (Å²) >= 11 is 0. The highest BCUT2D eigenvalue weighted by molar-refractivity contribution is 5.79. The number of aliphatic imine (C=N–C) groups is 1. The van der Waals surface area contributed by atoms with Crippen molar-refractivity contribution < 1.29 is 9.47 Å². The summed E-state index contributed by atoms with van der Waals surface area (Å²) in [7, 11) is 3.45. The molecule has 0 aliphatic heterocycles. The Kier molecular flexibility index (Phi) is 6.36. The number of guanidine groups is 1. The number of ether oxygens (including phenoxy) is 2. The van der Waals surface area contributed by atoms with E-state index in [4.69, 9.17) is 9.47 Å². The van der Waals surface area contributed by atoms with Crippen molar-refractivity contribution in [3.63, 3.8) is 0 Å². The zero-order valence-electron chi connectivity index (χ0n) is 15.5. The topological polar surface area (TPSA) is 54.9 Å². The van der Waals surface area contributed by atoms with E-state index in [-0.39, 0.29) is 0 Å². The van der Waals surface area contributed by atoms with E-state index in [0.717, 1.165) is 35.9 Å². The summed E-state index contributed by atoms with van der Waals surface area (Å²) < 4.78 is 11.3. The predicted octanol–water partition coefficient (Wildman–Crippen LogP) is 3.49. The summed E-state index contributed by atoms with van der Waals surface area (Å²) in [6, 6.07) is 16.2. The molecule has 0 saturated heterocycles. The van der Waals surface area contributed by atoms with Gasteiger partial charge in [0.25, 0.3) is 0 Å². The van der Waals surface area contributed by atoms with Gasteiger partial charge < -0.3 is 20.1 Å². The van der Waals surface area contributed by atoms with Gasteiger partial charge >= 0.3 is 0 Å². The van der Waals surface area contributed by atoms with Crippen LogP contribution in [0.1, 0.15) is 30.4 Å². The maximum atomic E-state index is 6.09. The lowest BCUT2D eigenvalue weighted by Gasteiger charge is -2.27. The fraction of sp³-hybridized carbons (Fsp3) is 0.381. The van der Waals surface area contributed by atoms with Gasteiger partial charge in [0.1, 0.15) is 11.5 Å². The summed E-state index contributed by atoms with van der Waals surface area (Å²) in [6.07, 6.45) is 3.97. The molecule has 0 amide bonds. The third kappa shape index (κ3) is 4.91. The van der Waals surface area contributed by atoms with E-state index in [1.54, 1.807) is 14.2 Å². The third-order valence-electron chi connectivity index (χ3n) is 4.61. The molecule has 0 radical (unpaired) electrons. The van der Waals surface area contributed by atoms with Crippen molar-refractivity contribution in [2.45, 2.75) is 38.5 Å². The molecule has 1 aliphatic rings. The second kappa shape index (κ2) is 9.13. The van der Waals surface area contributed by atoms with Gasteiger partial charge in [-0.1, -0.05) is 30.3 Å². The van der Waals surface area contributed by atoms with Gasteiger partial charge in [-0.2, -0.15) is 0 Å². The lowest BCUT2D eigenvalue weighted by molar-refractivity contribution is 0.119. The smallest absolute Gasteiger partial charge is 0.191 e. The highest BCUT2D eigenvalue weighted by atomic mass is 16.5. The molecular weight excluding hydrogens is 326 g/mol. The van der Waals surface area contributed by atoms with Crippen LogP contribution in [0.25, 0.3) is 0 Å². The number of benzene rings is 2. The summed E-state index contributed by atoms with van der Waals surface area (Å²) in [5, 5.41) is 6.70. The molecule has 0 bridgehead atoms. The summed E-state index contributed by atoms with van der Waals surface area (Å²) in [4.78, 5) is 4.30. The number of para-hydroxylation sites is 1. The van der Waals surface area contributed by atoms with Gasteiger partial charge in [-0.3, -0.25) is 4.99 Å². The minimum absolute atomic E-state index is 0.378. The highest BCUT2D eigenvalue weighted by Crippen LogP contribution is 2.27. The van der Waals surface area contributed by atoms with E-state index in [2.05, 4.69) is 21.7 Å². The van der Waals surface area contributed by atoms with Gasteiger partial charge in [0.15, 0.2) is 5.96 Å². The predicted molar refractivity (Wildman–Crippen MR) is 105 cm³/mol. The summed E-state index contributed by atoms with van der Waals surface area (Å²) in [5.41, 5.74) is 2.31. The standard InChI is InChI=1S/C21H27N3O2/c1-22-21(23-14-16-10-12-18(25-2)13-11-16)24-15-17-6-3-4-9-20(17)26-19-7-5-8-19/h3-4,6,9-13,19H,5,7-8,14-15H2,1-2H3,(H2,22,23,24). The number of nitrogens with one attached hydrogen (secondary N) is 2. The fourth-order valence-electron chi connectivity index (χ4n) is 2.76. The molecule has 138 valence electrons. The van der Waals surface area contributed by atoms with Crippen molar-refractivity contribution in [2.75, 3.05) is 14.2 Å². The molecule has 2 aromatic rings. The molecule has 2 N–H and O–H groups in total. The Morgan fingerprint density at radius 3 is 2.42 bits per heavy atom. The van der Waals surface area contributed by atoms with Crippen LogP contribution >= 0.6 is 0 Å². The van der Waals surface area contributed by atoms with E-state index in [1.807, 2.05) is 42.5 Å². The fourth-order valence-corrected chi connectivity index (χ4v) is 2.76. The Morgan fingerprint density at radius 1 is 1.04 bits per heavy atom. The van der Waals surface area contributed by atoms with Gasteiger partial charge in [-0.25, -0.2) is 0 Å². The molecule has 0 heterocycles. The highest BCUT2D eigenvalue weighted by Gasteiger charge is 2.20. The number of nitrogens with zero attached hydrogens (tertiary/aromatic N) is 1.